The van der Waals surface area contributed by atoms with Gasteiger partial charge in [-0.3, -0.25) is 9.59 Å². The number of carbonyl (C=O) groups is 2. The molecule has 3 rings (SSSR count). The summed E-state index contributed by atoms with van der Waals surface area (Å²) in [5, 5.41) is 5.40. The van der Waals surface area contributed by atoms with Crippen molar-refractivity contribution in [2.24, 2.45) is 0 Å². The summed E-state index contributed by atoms with van der Waals surface area (Å²) >= 11 is 1.77. The third kappa shape index (κ3) is 3.93. The molecule has 6 heteroatoms. The minimum Gasteiger partial charge on any atom is -0.343 e. The van der Waals surface area contributed by atoms with Gasteiger partial charge in [0.2, 0.25) is 11.8 Å². The van der Waals surface area contributed by atoms with E-state index in [2.05, 4.69) is 16.8 Å². The summed E-state index contributed by atoms with van der Waals surface area (Å²) in [7, 11) is 1.88. The molecule has 2 amide bonds. The van der Waals surface area contributed by atoms with E-state index in [1.54, 1.807) is 11.3 Å². The predicted octanol–water partition coefficient (Wildman–Crippen LogP) is 1.62. The summed E-state index contributed by atoms with van der Waals surface area (Å²) in [6.45, 7) is 3.43. The van der Waals surface area contributed by atoms with Crippen LogP contribution in [-0.4, -0.2) is 54.3 Å². The van der Waals surface area contributed by atoms with Gasteiger partial charge in [0.15, 0.2) is 0 Å². The van der Waals surface area contributed by atoms with E-state index in [4.69, 9.17) is 0 Å². The first-order valence-electron chi connectivity index (χ1n) is 8.44. The molecule has 3 heterocycles. The molecule has 1 N–H and O–H groups in total. The van der Waals surface area contributed by atoms with Crippen molar-refractivity contribution in [3.63, 3.8) is 0 Å². The molecule has 5 nitrogen and oxygen atoms in total. The van der Waals surface area contributed by atoms with E-state index in [-0.39, 0.29) is 11.8 Å². The molecule has 23 heavy (non-hydrogen) atoms. The molecular formula is C17H25N3O2S. The fraction of sp³-hybridized carbons (Fsp3) is 0.647. The highest BCUT2D eigenvalue weighted by molar-refractivity contribution is 7.10. The molecule has 126 valence electrons. The Labute approximate surface area is 141 Å². The third-order valence-electron chi connectivity index (χ3n) is 4.96. The number of nitrogens with zero attached hydrogens (tertiary/aromatic N) is 2. The molecule has 2 aliphatic heterocycles. The maximum Gasteiger partial charge on any atom is 0.223 e. The Morgan fingerprint density at radius 1 is 1.35 bits per heavy atom. The zero-order chi connectivity index (χ0) is 16.2. The topological polar surface area (TPSA) is 52.7 Å². The van der Waals surface area contributed by atoms with Crippen LogP contribution in [0.25, 0.3) is 0 Å². The van der Waals surface area contributed by atoms with Gasteiger partial charge in [-0.2, -0.15) is 0 Å². The van der Waals surface area contributed by atoms with Gasteiger partial charge in [0.05, 0.1) is 0 Å². The van der Waals surface area contributed by atoms with Crippen molar-refractivity contribution in [2.75, 3.05) is 26.7 Å². The molecule has 1 saturated heterocycles. The van der Waals surface area contributed by atoms with Crippen molar-refractivity contribution >= 4 is 23.2 Å². The minimum atomic E-state index is 0.0958. The first-order valence-corrected chi connectivity index (χ1v) is 9.32. The molecule has 0 radical (unpaired) electrons. The minimum absolute atomic E-state index is 0.0958. The molecular weight excluding hydrogens is 310 g/mol. The van der Waals surface area contributed by atoms with Crippen molar-refractivity contribution in [2.45, 2.75) is 44.7 Å². The maximum absolute atomic E-state index is 12.4. The number of piperidine rings is 1. The van der Waals surface area contributed by atoms with Crippen LogP contribution < -0.4 is 5.32 Å². The van der Waals surface area contributed by atoms with E-state index < -0.39 is 0 Å². The second-order valence-corrected chi connectivity index (χ2v) is 7.42. The summed E-state index contributed by atoms with van der Waals surface area (Å²) in [6, 6.07) is 2.43. The molecule has 1 fully saturated rings. The van der Waals surface area contributed by atoms with Crippen molar-refractivity contribution < 1.29 is 9.59 Å². The average molecular weight is 335 g/mol. The zero-order valence-corrected chi connectivity index (χ0v) is 14.5. The van der Waals surface area contributed by atoms with Gasteiger partial charge < -0.3 is 15.1 Å². The Morgan fingerprint density at radius 3 is 2.91 bits per heavy atom. The number of hydrogen-bond acceptors (Lipinski definition) is 4. The van der Waals surface area contributed by atoms with Crippen LogP contribution in [-0.2, 0) is 22.6 Å². The van der Waals surface area contributed by atoms with Crippen molar-refractivity contribution in [1.82, 2.24) is 15.1 Å². The fourth-order valence-corrected chi connectivity index (χ4v) is 4.30. The molecule has 1 aromatic rings. The summed E-state index contributed by atoms with van der Waals surface area (Å²) in [5.74, 6) is 0.201. The highest BCUT2D eigenvalue weighted by Crippen LogP contribution is 2.24. The van der Waals surface area contributed by atoms with E-state index in [0.717, 1.165) is 38.9 Å². The molecule has 0 bridgehead atoms. The molecule has 0 aliphatic carbocycles. The van der Waals surface area contributed by atoms with Crippen LogP contribution in [0, 0.1) is 0 Å². The van der Waals surface area contributed by atoms with Gasteiger partial charge in [-0.15, -0.1) is 11.3 Å². The first kappa shape index (κ1) is 16.5. The van der Waals surface area contributed by atoms with Gasteiger partial charge in [-0.1, -0.05) is 0 Å². The summed E-state index contributed by atoms with van der Waals surface area (Å²) in [5.41, 5.74) is 1.27. The molecule has 0 spiro atoms. The second-order valence-electron chi connectivity index (χ2n) is 6.42. The number of nitrogens with one attached hydrogen (secondary N) is 1. The van der Waals surface area contributed by atoms with Gasteiger partial charge in [-0.05, 0) is 49.4 Å². The number of fused-ring (bicyclic) bond motifs is 1. The molecule has 1 aromatic heterocycles. The normalized spacial score (nSPS) is 18.6. The number of thiophene rings is 1. The number of amides is 2. The number of carbonyl (C=O) groups excluding carboxylic acids is 2. The van der Waals surface area contributed by atoms with E-state index in [9.17, 15) is 9.59 Å². The summed E-state index contributed by atoms with van der Waals surface area (Å²) in [6.07, 6.45) is 3.61. The van der Waals surface area contributed by atoms with Gasteiger partial charge in [0, 0.05) is 43.9 Å². The van der Waals surface area contributed by atoms with E-state index in [1.165, 1.54) is 10.4 Å². The predicted molar refractivity (Wildman–Crippen MR) is 91.3 cm³/mol. The summed E-state index contributed by atoms with van der Waals surface area (Å²) < 4.78 is 0. The van der Waals surface area contributed by atoms with Crippen LogP contribution in [0.3, 0.4) is 0 Å². The van der Waals surface area contributed by atoms with Crippen molar-refractivity contribution in [3.05, 3.63) is 21.9 Å². The number of rotatable bonds is 4. The van der Waals surface area contributed by atoms with Crippen LogP contribution in [0.1, 0.15) is 36.1 Å². The molecule has 0 aromatic carbocycles. The standard InChI is InChI=1S/C17H25N3O2S/c1-19(14-4-8-18-9-5-14)16(21)2-3-17(22)20-10-6-15-13(12-20)7-11-23-15/h7,11,14,18H,2-6,8-10,12H2,1H3. The molecule has 0 unspecified atom stereocenters. The lowest BCUT2D eigenvalue weighted by Gasteiger charge is -2.32. The van der Waals surface area contributed by atoms with Gasteiger partial charge >= 0.3 is 0 Å². The number of hydrogen-bond donors (Lipinski definition) is 1. The van der Waals surface area contributed by atoms with Crippen molar-refractivity contribution in [1.29, 1.82) is 0 Å². The van der Waals surface area contributed by atoms with E-state index >= 15 is 0 Å². The molecule has 0 saturated carbocycles. The highest BCUT2D eigenvalue weighted by atomic mass is 32.1. The van der Waals surface area contributed by atoms with Crippen LogP contribution in [0.5, 0.6) is 0 Å². The second kappa shape index (κ2) is 7.45. The molecule has 2 aliphatic rings. The largest absolute Gasteiger partial charge is 0.343 e. The van der Waals surface area contributed by atoms with Crippen LogP contribution in [0.4, 0.5) is 0 Å². The van der Waals surface area contributed by atoms with Gasteiger partial charge in [0.1, 0.15) is 0 Å². The third-order valence-corrected chi connectivity index (χ3v) is 5.99. The van der Waals surface area contributed by atoms with Crippen LogP contribution in [0.2, 0.25) is 0 Å². The van der Waals surface area contributed by atoms with Crippen LogP contribution in [0.15, 0.2) is 11.4 Å². The lowest BCUT2D eigenvalue weighted by molar-refractivity contribution is -0.138. The van der Waals surface area contributed by atoms with Gasteiger partial charge in [-0.25, -0.2) is 0 Å². The van der Waals surface area contributed by atoms with Crippen molar-refractivity contribution in [3.8, 4) is 0 Å². The Kier molecular flexibility index (Phi) is 5.33. The lowest BCUT2D eigenvalue weighted by atomic mass is 10.0. The Balaban J connectivity index is 1.46. The highest BCUT2D eigenvalue weighted by Gasteiger charge is 2.25. The lowest BCUT2D eigenvalue weighted by Crippen LogP contribution is -2.44. The summed E-state index contributed by atoms with van der Waals surface area (Å²) in [4.78, 5) is 29.8. The monoisotopic (exact) mass is 335 g/mol. The fourth-order valence-electron chi connectivity index (χ4n) is 3.41. The van der Waals surface area contributed by atoms with E-state index in [0.29, 0.717) is 25.4 Å². The van der Waals surface area contributed by atoms with E-state index in [1.807, 2.05) is 16.8 Å². The Morgan fingerprint density at radius 2 is 2.13 bits per heavy atom. The zero-order valence-electron chi connectivity index (χ0n) is 13.7. The SMILES string of the molecule is CN(C(=O)CCC(=O)N1CCc2sccc2C1)C1CCNCC1. The maximum atomic E-state index is 12.4. The smallest absolute Gasteiger partial charge is 0.223 e. The quantitative estimate of drug-likeness (QED) is 0.910. The first-order chi connectivity index (χ1) is 11.1. The average Bonchev–Trinajstić information content (AvgIpc) is 3.07. The Bertz CT molecular complexity index is 566. The molecule has 0 atom stereocenters. The van der Waals surface area contributed by atoms with Crippen LogP contribution >= 0.6 is 11.3 Å². The van der Waals surface area contributed by atoms with Gasteiger partial charge in [0.25, 0.3) is 0 Å². The Hall–Kier alpha value is -1.40.